The number of carbonyl (C=O) groups excluding carboxylic acids is 1. The highest BCUT2D eigenvalue weighted by Gasteiger charge is 1.98. The summed E-state index contributed by atoms with van der Waals surface area (Å²) < 4.78 is 30.3. The van der Waals surface area contributed by atoms with Crippen molar-refractivity contribution in [2.45, 2.75) is 13.3 Å². The lowest BCUT2D eigenvalue weighted by atomic mass is 10.3. The third-order valence-electron chi connectivity index (χ3n) is 0.678. The molecule has 58 valence electrons. The Morgan fingerprint density at radius 3 is 2.50 bits per heavy atom. The van der Waals surface area contributed by atoms with E-state index in [2.05, 4.69) is 4.40 Å². The van der Waals surface area contributed by atoms with Gasteiger partial charge in [0.15, 0.2) is 5.78 Å². The number of ketones is 1. The number of nitrogens with zero attached hydrogens (tertiary/aromatic N) is 1. The normalized spacial score (nSPS) is 12.2. The van der Waals surface area contributed by atoms with Crippen molar-refractivity contribution in [3.05, 3.63) is 0 Å². The highest BCUT2D eigenvalue weighted by atomic mass is 32.2. The highest BCUT2D eigenvalue weighted by molar-refractivity contribution is 7.84. The first-order chi connectivity index (χ1) is 4.45. The summed E-state index contributed by atoms with van der Waals surface area (Å²) in [5.74, 6) is -0.447. The second-order valence-corrected chi connectivity index (χ2v) is 2.61. The molecule has 0 atom stereocenters. The van der Waals surface area contributed by atoms with E-state index >= 15 is 0 Å². The first-order valence-corrected chi connectivity index (χ1v) is 3.91. The average Bonchev–Trinajstić information content (AvgIpc) is 1.81. The van der Waals surface area contributed by atoms with E-state index in [4.69, 9.17) is 4.55 Å². The molecule has 0 saturated heterocycles. The van der Waals surface area contributed by atoms with Crippen molar-refractivity contribution in [2.24, 2.45) is 4.40 Å². The second kappa shape index (κ2) is 3.43. The van der Waals surface area contributed by atoms with Gasteiger partial charge < -0.3 is 0 Å². The van der Waals surface area contributed by atoms with E-state index in [0.29, 0.717) is 6.21 Å². The topological polar surface area (TPSA) is 83.8 Å². The average molecular weight is 165 g/mol. The minimum Gasteiger partial charge on any atom is -0.293 e. The molecule has 1 N–H and O–H groups in total. The molecule has 0 aliphatic rings. The van der Waals surface area contributed by atoms with Crippen molar-refractivity contribution in [2.75, 3.05) is 0 Å². The van der Waals surface area contributed by atoms with Crippen molar-refractivity contribution in [1.82, 2.24) is 0 Å². The molecule has 0 spiro atoms. The van der Waals surface area contributed by atoms with E-state index in [1.54, 1.807) is 6.92 Å². The maximum Gasteiger partial charge on any atom is 0.378 e. The molecule has 0 amide bonds. The molecule has 0 unspecified atom stereocenters. The van der Waals surface area contributed by atoms with Gasteiger partial charge in [0, 0.05) is 6.42 Å². The number of carbonyl (C=O) groups is 1. The molecule has 0 aromatic heterocycles. The van der Waals surface area contributed by atoms with E-state index in [-0.39, 0.29) is 6.42 Å². The van der Waals surface area contributed by atoms with Crippen LogP contribution in [0, 0.1) is 0 Å². The maximum absolute atomic E-state index is 10.3. The summed E-state index contributed by atoms with van der Waals surface area (Å²) in [5, 5.41) is 0. The Morgan fingerprint density at radius 2 is 2.20 bits per heavy atom. The standard InChI is InChI=1S/C4H7NO4S/c1-2-4(6)3-5-10(7,8)9/h3H,2H2,1H3,(H,7,8,9). The van der Waals surface area contributed by atoms with Crippen LogP contribution >= 0.6 is 0 Å². The Labute approximate surface area is 58.7 Å². The zero-order valence-corrected chi connectivity index (χ0v) is 6.13. The fourth-order valence-corrected chi connectivity index (χ4v) is 0.467. The summed E-state index contributed by atoms with van der Waals surface area (Å²) >= 11 is 0. The van der Waals surface area contributed by atoms with Gasteiger partial charge in [-0.2, -0.15) is 8.42 Å². The SMILES string of the molecule is CCC(=O)C=NS(=O)(=O)O. The Balaban J connectivity index is 4.15. The number of rotatable bonds is 3. The van der Waals surface area contributed by atoms with Crippen molar-refractivity contribution < 1.29 is 17.8 Å². The van der Waals surface area contributed by atoms with Gasteiger partial charge in [0.05, 0.1) is 6.21 Å². The van der Waals surface area contributed by atoms with E-state index < -0.39 is 16.1 Å². The lowest BCUT2D eigenvalue weighted by Crippen LogP contribution is -1.99. The minimum absolute atomic E-state index is 0.166. The molecule has 10 heavy (non-hydrogen) atoms. The highest BCUT2D eigenvalue weighted by Crippen LogP contribution is 1.82. The number of Topliss-reactive ketones (excluding diaryl/α,β-unsaturated/α-hetero) is 1. The van der Waals surface area contributed by atoms with Crippen molar-refractivity contribution in [3.8, 4) is 0 Å². The molecule has 0 saturated carbocycles. The summed E-state index contributed by atoms with van der Waals surface area (Å²) in [7, 11) is -4.38. The Morgan fingerprint density at radius 1 is 1.70 bits per heavy atom. The van der Waals surface area contributed by atoms with E-state index in [1.165, 1.54) is 0 Å². The largest absolute Gasteiger partial charge is 0.378 e. The molecular weight excluding hydrogens is 158 g/mol. The molecule has 0 aromatic carbocycles. The zero-order valence-electron chi connectivity index (χ0n) is 5.31. The smallest absolute Gasteiger partial charge is 0.293 e. The van der Waals surface area contributed by atoms with E-state index in [0.717, 1.165) is 0 Å². The van der Waals surface area contributed by atoms with Crippen LogP contribution in [0.4, 0.5) is 0 Å². The molecule has 0 aromatic rings. The predicted octanol–water partition coefficient (Wildman–Crippen LogP) is -0.161. The van der Waals surface area contributed by atoms with Gasteiger partial charge in [-0.1, -0.05) is 6.92 Å². The van der Waals surface area contributed by atoms with Gasteiger partial charge in [0.25, 0.3) is 0 Å². The van der Waals surface area contributed by atoms with Crippen molar-refractivity contribution in [1.29, 1.82) is 0 Å². The van der Waals surface area contributed by atoms with Crippen molar-refractivity contribution >= 4 is 22.3 Å². The number of hydrogen-bond acceptors (Lipinski definition) is 3. The lowest BCUT2D eigenvalue weighted by Gasteiger charge is -1.83. The summed E-state index contributed by atoms with van der Waals surface area (Å²) in [6.45, 7) is 1.55. The molecule has 5 nitrogen and oxygen atoms in total. The van der Waals surface area contributed by atoms with Crippen molar-refractivity contribution in [3.63, 3.8) is 0 Å². The Bertz CT molecular complexity index is 240. The maximum atomic E-state index is 10.3. The molecule has 0 radical (unpaired) electrons. The molecule has 6 heteroatoms. The van der Waals surface area contributed by atoms with Crippen LogP contribution in [0.2, 0.25) is 0 Å². The third kappa shape index (κ3) is 5.39. The summed E-state index contributed by atoms with van der Waals surface area (Å²) in [6, 6.07) is 0. The fraction of sp³-hybridized carbons (Fsp3) is 0.500. The predicted molar refractivity (Wildman–Crippen MR) is 35.3 cm³/mol. The molecule has 0 bridgehead atoms. The first-order valence-electron chi connectivity index (χ1n) is 2.51. The van der Waals surface area contributed by atoms with Crippen LogP contribution in [0.1, 0.15) is 13.3 Å². The van der Waals surface area contributed by atoms with Gasteiger partial charge in [-0.25, -0.2) is 0 Å². The van der Waals surface area contributed by atoms with Gasteiger partial charge in [-0.3, -0.25) is 9.35 Å². The molecule has 0 fully saturated rings. The quantitative estimate of drug-likeness (QED) is 0.465. The lowest BCUT2D eigenvalue weighted by molar-refractivity contribution is -0.112. The monoisotopic (exact) mass is 165 g/mol. The Kier molecular flexibility index (Phi) is 3.17. The van der Waals surface area contributed by atoms with Crippen LogP contribution in [-0.2, 0) is 15.1 Å². The van der Waals surface area contributed by atoms with E-state index in [9.17, 15) is 13.2 Å². The van der Waals surface area contributed by atoms with Gasteiger partial charge >= 0.3 is 10.3 Å². The molecule has 0 heterocycles. The Hall–Kier alpha value is -0.750. The molecular formula is C4H7NO4S. The molecule has 0 rings (SSSR count). The van der Waals surface area contributed by atoms with Gasteiger partial charge in [0.2, 0.25) is 0 Å². The summed E-state index contributed by atoms with van der Waals surface area (Å²) in [5.41, 5.74) is 0. The molecule has 0 aliphatic heterocycles. The van der Waals surface area contributed by atoms with Crippen LogP contribution in [-0.4, -0.2) is 25.0 Å². The molecule has 0 aliphatic carbocycles. The fourth-order valence-electron chi connectivity index (χ4n) is 0.217. The van der Waals surface area contributed by atoms with Crippen LogP contribution in [0.5, 0.6) is 0 Å². The van der Waals surface area contributed by atoms with Gasteiger partial charge in [-0.05, 0) is 0 Å². The van der Waals surface area contributed by atoms with E-state index in [1.807, 2.05) is 0 Å². The second-order valence-electron chi connectivity index (χ2n) is 1.50. The minimum atomic E-state index is -4.38. The first kappa shape index (κ1) is 9.25. The van der Waals surface area contributed by atoms with Crippen LogP contribution in [0.25, 0.3) is 0 Å². The zero-order chi connectivity index (χ0) is 8.20. The third-order valence-corrected chi connectivity index (χ3v) is 1.05. The number of hydrogen-bond donors (Lipinski definition) is 1. The van der Waals surface area contributed by atoms with Crippen LogP contribution in [0.3, 0.4) is 0 Å². The summed E-state index contributed by atoms with van der Waals surface area (Å²) in [6.07, 6.45) is 0.744. The summed E-state index contributed by atoms with van der Waals surface area (Å²) in [4.78, 5) is 10.3. The van der Waals surface area contributed by atoms with Crippen LogP contribution in [0.15, 0.2) is 4.40 Å². The van der Waals surface area contributed by atoms with Gasteiger partial charge in [0.1, 0.15) is 0 Å². The van der Waals surface area contributed by atoms with Crippen LogP contribution < -0.4 is 0 Å². The van der Waals surface area contributed by atoms with Gasteiger partial charge in [-0.15, -0.1) is 4.40 Å².